The molecule has 2 aromatic carbocycles. The fraction of sp³-hybridized carbons (Fsp3) is 0.125. The Labute approximate surface area is 130 Å². The van der Waals surface area contributed by atoms with E-state index in [-0.39, 0.29) is 12.0 Å². The third-order valence-corrected chi connectivity index (χ3v) is 3.88. The molecule has 2 aromatic rings. The Morgan fingerprint density at radius 2 is 1.80 bits per heavy atom. The summed E-state index contributed by atoms with van der Waals surface area (Å²) in [5, 5.41) is 10.6. The maximum atomic E-state index is 13.7. The molecule has 0 aromatic heterocycles. The molecule has 0 amide bonds. The lowest BCUT2D eigenvalue weighted by molar-refractivity contribution is 0.0891. The first-order valence-corrected chi connectivity index (χ1v) is 7.08. The SMILES string of the molecule is C=CC(O)(Cc1ccc(F)cc1F)c1ccc(I)cc1. The van der Waals surface area contributed by atoms with Crippen LogP contribution in [0.4, 0.5) is 8.78 Å². The summed E-state index contributed by atoms with van der Waals surface area (Å²) in [6.07, 6.45) is 1.38. The lowest BCUT2D eigenvalue weighted by atomic mass is 9.87. The Kier molecular flexibility index (Phi) is 4.55. The van der Waals surface area contributed by atoms with Crippen LogP contribution in [0.1, 0.15) is 11.1 Å². The summed E-state index contributed by atoms with van der Waals surface area (Å²) >= 11 is 2.16. The Morgan fingerprint density at radius 1 is 1.15 bits per heavy atom. The lowest BCUT2D eigenvalue weighted by Crippen LogP contribution is -2.26. The number of hydrogen-bond donors (Lipinski definition) is 1. The molecule has 0 spiro atoms. The summed E-state index contributed by atoms with van der Waals surface area (Å²) < 4.78 is 27.6. The first-order chi connectivity index (χ1) is 9.44. The Balaban J connectivity index is 2.36. The van der Waals surface area contributed by atoms with E-state index in [2.05, 4.69) is 29.2 Å². The molecule has 0 aliphatic heterocycles. The number of hydrogen-bond acceptors (Lipinski definition) is 1. The number of halogens is 3. The van der Waals surface area contributed by atoms with Gasteiger partial charge in [-0.15, -0.1) is 0 Å². The van der Waals surface area contributed by atoms with Gasteiger partial charge in [0.2, 0.25) is 0 Å². The average Bonchev–Trinajstić information content (AvgIpc) is 2.42. The van der Waals surface area contributed by atoms with Gasteiger partial charge in [-0.25, -0.2) is 8.78 Å². The van der Waals surface area contributed by atoms with E-state index in [0.29, 0.717) is 5.56 Å². The molecular weight excluding hydrogens is 373 g/mol. The van der Waals surface area contributed by atoms with E-state index >= 15 is 0 Å². The van der Waals surface area contributed by atoms with Gasteiger partial charge in [-0.3, -0.25) is 0 Å². The summed E-state index contributed by atoms with van der Waals surface area (Å²) in [5.74, 6) is -1.31. The Bertz CT molecular complexity index is 625. The molecule has 1 unspecified atom stereocenters. The van der Waals surface area contributed by atoms with Crippen LogP contribution in [0.5, 0.6) is 0 Å². The monoisotopic (exact) mass is 386 g/mol. The topological polar surface area (TPSA) is 20.2 Å². The fourth-order valence-electron chi connectivity index (χ4n) is 1.99. The third kappa shape index (κ3) is 3.24. The maximum Gasteiger partial charge on any atom is 0.129 e. The van der Waals surface area contributed by atoms with Crippen molar-refractivity contribution in [2.24, 2.45) is 0 Å². The zero-order chi connectivity index (χ0) is 14.8. The Morgan fingerprint density at radius 3 is 2.35 bits per heavy atom. The van der Waals surface area contributed by atoms with Crippen molar-refractivity contribution in [3.05, 3.63) is 81.5 Å². The molecule has 2 rings (SSSR count). The molecule has 0 fully saturated rings. The Hall–Kier alpha value is -1.27. The van der Waals surface area contributed by atoms with E-state index in [9.17, 15) is 13.9 Å². The molecule has 0 aliphatic rings. The number of benzene rings is 2. The van der Waals surface area contributed by atoms with Crippen molar-refractivity contribution in [2.75, 3.05) is 0 Å². The molecular formula is C16H13F2IO. The van der Waals surface area contributed by atoms with Crippen LogP contribution in [0.15, 0.2) is 55.1 Å². The zero-order valence-electron chi connectivity index (χ0n) is 10.6. The van der Waals surface area contributed by atoms with Gasteiger partial charge in [0.05, 0.1) is 0 Å². The van der Waals surface area contributed by atoms with Gasteiger partial charge in [0.15, 0.2) is 0 Å². The van der Waals surface area contributed by atoms with Crippen LogP contribution in [0.3, 0.4) is 0 Å². The second-order valence-electron chi connectivity index (χ2n) is 4.55. The lowest BCUT2D eigenvalue weighted by Gasteiger charge is -2.25. The van der Waals surface area contributed by atoms with Gasteiger partial charge in [0.25, 0.3) is 0 Å². The fourth-order valence-corrected chi connectivity index (χ4v) is 2.35. The quantitative estimate of drug-likeness (QED) is 0.618. The van der Waals surface area contributed by atoms with E-state index in [1.54, 1.807) is 12.1 Å². The van der Waals surface area contributed by atoms with Gasteiger partial charge in [-0.1, -0.05) is 30.9 Å². The van der Waals surface area contributed by atoms with Crippen molar-refractivity contribution in [2.45, 2.75) is 12.0 Å². The largest absolute Gasteiger partial charge is 0.381 e. The van der Waals surface area contributed by atoms with Crippen LogP contribution in [0.25, 0.3) is 0 Å². The second-order valence-corrected chi connectivity index (χ2v) is 5.79. The summed E-state index contributed by atoms with van der Waals surface area (Å²) in [4.78, 5) is 0. The molecule has 104 valence electrons. The molecule has 20 heavy (non-hydrogen) atoms. The molecule has 1 nitrogen and oxygen atoms in total. The highest BCUT2D eigenvalue weighted by molar-refractivity contribution is 14.1. The molecule has 0 saturated carbocycles. The highest BCUT2D eigenvalue weighted by Crippen LogP contribution is 2.28. The smallest absolute Gasteiger partial charge is 0.129 e. The maximum absolute atomic E-state index is 13.7. The second kappa shape index (κ2) is 6.01. The van der Waals surface area contributed by atoms with E-state index in [4.69, 9.17) is 0 Å². The first-order valence-electron chi connectivity index (χ1n) is 6.00. The standard InChI is InChI=1S/C16H13F2IO/c1-2-16(20,12-4-7-14(19)8-5-12)10-11-3-6-13(17)9-15(11)18/h2-9,20H,1,10H2. The van der Waals surface area contributed by atoms with Crippen LogP contribution < -0.4 is 0 Å². The first kappa shape index (κ1) is 15.1. The highest BCUT2D eigenvalue weighted by atomic mass is 127. The van der Waals surface area contributed by atoms with Crippen LogP contribution in [0, 0.1) is 15.2 Å². The van der Waals surface area contributed by atoms with Gasteiger partial charge in [0.1, 0.15) is 17.2 Å². The zero-order valence-corrected chi connectivity index (χ0v) is 12.8. The van der Waals surface area contributed by atoms with Crippen molar-refractivity contribution in [1.82, 2.24) is 0 Å². The minimum Gasteiger partial charge on any atom is -0.381 e. The number of rotatable bonds is 4. The van der Waals surface area contributed by atoms with Crippen molar-refractivity contribution in [1.29, 1.82) is 0 Å². The minimum absolute atomic E-state index is 0.00318. The van der Waals surface area contributed by atoms with Gasteiger partial charge >= 0.3 is 0 Å². The van der Waals surface area contributed by atoms with Gasteiger partial charge in [-0.05, 0) is 51.9 Å². The molecule has 0 radical (unpaired) electrons. The number of aliphatic hydroxyl groups is 1. The van der Waals surface area contributed by atoms with Gasteiger partial charge in [0, 0.05) is 16.1 Å². The molecule has 1 N–H and O–H groups in total. The normalized spacial score (nSPS) is 13.8. The van der Waals surface area contributed by atoms with Gasteiger partial charge in [-0.2, -0.15) is 0 Å². The van der Waals surface area contributed by atoms with E-state index in [1.165, 1.54) is 18.2 Å². The molecule has 0 heterocycles. The third-order valence-electron chi connectivity index (χ3n) is 3.16. The molecule has 0 bridgehead atoms. The van der Waals surface area contributed by atoms with Crippen molar-refractivity contribution in [3.8, 4) is 0 Å². The van der Waals surface area contributed by atoms with Crippen molar-refractivity contribution >= 4 is 22.6 Å². The molecule has 1 atom stereocenters. The van der Waals surface area contributed by atoms with Crippen LogP contribution >= 0.6 is 22.6 Å². The van der Waals surface area contributed by atoms with E-state index in [0.717, 1.165) is 9.64 Å². The molecule has 4 heteroatoms. The van der Waals surface area contributed by atoms with E-state index < -0.39 is 17.2 Å². The predicted molar refractivity (Wildman–Crippen MR) is 83.3 cm³/mol. The average molecular weight is 386 g/mol. The van der Waals surface area contributed by atoms with Crippen molar-refractivity contribution in [3.63, 3.8) is 0 Å². The minimum atomic E-state index is -1.39. The molecule has 0 saturated heterocycles. The predicted octanol–water partition coefficient (Wildman–Crippen LogP) is 4.19. The van der Waals surface area contributed by atoms with Crippen LogP contribution in [-0.4, -0.2) is 5.11 Å². The molecule has 0 aliphatic carbocycles. The van der Waals surface area contributed by atoms with Crippen LogP contribution in [0.2, 0.25) is 0 Å². The van der Waals surface area contributed by atoms with Gasteiger partial charge < -0.3 is 5.11 Å². The van der Waals surface area contributed by atoms with E-state index in [1.807, 2.05) is 12.1 Å². The summed E-state index contributed by atoms with van der Waals surface area (Å²) in [6, 6.07) is 10.6. The summed E-state index contributed by atoms with van der Waals surface area (Å²) in [5.41, 5.74) is -0.521. The van der Waals surface area contributed by atoms with Crippen molar-refractivity contribution < 1.29 is 13.9 Å². The van der Waals surface area contributed by atoms with Crippen LogP contribution in [-0.2, 0) is 12.0 Å². The summed E-state index contributed by atoms with van der Waals surface area (Å²) in [7, 11) is 0. The summed E-state index contributed by atoms with van der Waals surface area (Å²) in [6.45, 7) is 3.63. The highest BCUT2D eigenvalue weighted by Gasteiger charge is 2.27.